The van der Waals surface area contributed by atoms with Crippen molar-refractivity contribution in [3.8, 4) is 0 Å². The maximum atomic E-state index is 12.9. The number of H-pyrrole nitrogens is 1. The lowest BCUT2D eigenvalue weighted by Gasteiger charge is -2.29. The summed E-state index contributed by atoms with van der Waals surface area (Å²) in [7, 11) is 1.77. The molecule has 1 aromatic heterocycles. The highest BCUT2D eigenvalue weighted by molar-refractivity contribution is 6.05. The molecule has 2 aliphatic rings. The molecular weight excluding hydrogens is 388 g/mol. The Morgan fingerprint density at radius 2 is 2.03 bits per heavy atom. The van der Waals surface area contributed by atoms with Gasteiger partial charge in [-0.05, 0) is 30.7 Å². The maximum absolute atomic E-state index is 12.9. The second-order valence-electron chi connectivity index (χ2n) is 7.31. The topological polar surface area (TPSA) is 136 Å². The average molecular weight is 410 g/mol. The van der Waals surface area contributed by atoms with Crippen LogP contribution in [0, 0.1) is 0 Å². The minimum Gasteiger partial charge on any atom is -0.352 e. The number of aromatic nitrogens is 2. The third-order valence-corrected chi connectivity index (χ3v) is 5.28. The van der Waals surface area contributed by atoms with Crippen LogP contribution in [0.3, 0.4) is 0 Å². The van der Waals surface area contributed by atoms with Gasteiger partial charge in [-0.2, -0.15) is 0 Å². The predicted octanol–water partition coefficient (Wildman–Crippen LogP) is -0.138. The molecule has 0 spiro atoms. The van der Waals surface area contributed by atoms with Crippen molar-refractivity contribution in [1.82, 2.24) is 25.5 Å². The van der Waals surface area contributed by atoms with Gasteiger partial charge in [0.25, 0.3) is 11.5 Å². The van der Waals surface area contributed by atoms with E-state index in [0.717, 1.165) is 11.1 Å². The van der Waals surface area contributed by atoms with Crippen LogP contribution in [0.1, 0.15) is 40.0 Å². The number of nitrogens with one attached hydrogen (secondary N) is 4. The summed E-state index contributed by atoms with van der Waals surface area (Å²) in [6.07, 6.45) is 0.536. The fourth-order valence-electron chi connectivity index (χ4n) is 3.86. The monoisotopic (exact) mass is 410 g/mol. The molecule has 156 valence electrons. The highest BCUT2D eigenvalue weighted by atomic mass is 16.2. The van der Waals surface area contributed by atoms with Crippen molar-refractivity contribution in [1.29, 1.82) is 0 Å². The van der Waals surface area contributed by atoms with Crippen LogP contribution in [-0.2, 0) is 29.2 Å². The van der Waals surface area contributed by atoms with Crippen LogP contribution in [0.5, 0.6) is 0 Å². The van der Waals surface area contributed by atoms with E-state index in [1.165, 1.54) is 11.0 Å². The lowest BCUT2D eigenvalue weighted by molar-refractivity contribution is -0.136. The Morgan fingerprint density at radius 1 is 1.20 bits per heavy atom. The summed E-state index contributed by atoms with van der Waals surface area (Å²) in [5.41, 5.74) is 2.60. The summed E-state index contributed by atoms with van der Waals surface area (Å²) in [5, 5.41) is 8.36. The van der Waals surface area contributed by atoms with E-state index >= 15 is 0 Å². The number of piperidine rings is 1. The molecular formula is C20H22N6O4. The normalized spacial score (nSPS) is 18.4. The molecule has 0 saturated carbocycles. The number of aromatic amines is 1. The van der Waals surface area contributed by atoms with E-state index in [1.54, 1.807) is 19.2 Å². The van der Waals surface area contributed by atoms with E-state index in [9.17, 15) is 19.2 Å². The molecule has 4 N–H and O–H groups in total. The van der Waals surface area contributed by atoms with Crippen LogP contribution in [0.15, 0.2) is 29.1 Å². The molecule has 2 aliphatic heterocycles. The number of anilines is 1. The van der Waals surface area contributed by atoms with Crippen LogP contribution < -0.4 is 21.5 Å². The van der Waals surface area contributed by atoms with E-state index in [2.05, 4.69) is 25.9 Å². The number of hydrogen-bond acceptors (Lipinski definition) is 7. The molecule has 1 atom stereocenters. The smallest absolute Gasteiger partial charge is 0.255 e. The van der Waals surface area contributed by atoms with Crippen molar-refractivity contribution in [3.05, 3.63) is 57.0 Å². The third-order valence-electron chi connectivity index (χ3n) is 5.28. The number of nitrogens with zero attached hydrogens (tertiary/aromatic N) is 2. The van der Waals surface area contributed by atoms with Crippen molar-refractivity contribution < 1.29 is 14.4 Å². The highest BCUT2D eigenvalue weighted by Crippen LogP contribution is 2.30. The first-order valence-corrected chi connectivity index (χ1v) is 9.70. The molecule has 1 unspecified atom stereocenters. The molecule has 2 aromatic rings. The number of imide groups is 1. The number of hydrogen-bond donors (Lipinski definition) is 4. The van der Waals surface area contributed by atoms with E-state index in [-0.39, 0.29) is 23.8 Å². The number of fused-ring (bicyclic) bond motifs is 1. The first-order chi connectivity index (χ1) is 14.5. The van der Waals surface area contributed by atoms with Crippen LogP contribution in [0.4, 0.5) is 5.95 Å². The number of carbonyl (C=O) groups is 3. The maximum Gasteiger partial charge on any atom is 0.255 e. The molecule has 4 rings (SSSR count). The summed E-state index contributed by atoms with van der Waals surface area (Å²) in [4.78, 5) is 56.9. The minimum atomic E-state index is -0.653. The summed E-state index contributed by atoms with van der Waals surface area (Å²) < 4.78 is 0. The Bertz CT molecular complexity index is 1080. The molecule has 0 bridgehead atoms. The highest BCUT2D eigenvalue weighted by Gasteiger charge is 2.39. The Kier molecular flexibility index (Phi) is 5.32. The van der Waals surface area contributed by atoms with Crippen LogP contribution in [0.2, 0.25) is 0 Å². The molecule has 0 aliphatic carbocycles. The Hall–Kier alpha value is -3.53. The van der Waals surface area contributed by atoms with E-state index in [4.69, 9.17) is 0 Å². The lowest BCUT2D eigenvalue weighted by atomic mass is 10.0. The Labute approximate surface area is 172 Å². The number of amides is 3. The van der Waals surface area contributed by atoms with Gasteiger partial charge < -0.3 is 15.5 Å². The molecule has 0 radical (unpaired) electrons. The zero-order valence-electron chi connectivity index (χ0n) is 16.4. The molecule has 1 fully saturated rings. The van der Waals surface area contributed by atoms with Gasteiger partial charge in [0, 0.05) is 37.7 Å². The fraction of sp³-hybridized carbons (Fsp3) is 0.350. The van der Waals surface area contributed by atoms with Gasteiger partial charge in [0.15, 0.2) is 0 Å². The molecule has 10 nitrogen and oxygen atoms in total. The fourth-order valence-corrected chi connectivity index (χ4v) is 3.86. The van der Waals surface area contributed by atoms with Gasteiger partial charge in [0.2, 0.25) is 17.8 Å². The number of rotatable bonds is 6. The summed E-state index contributed by atoms with van der Waals surface area (Å²) >= 11 is 0. The number of carbonyl (C=O) groups excluding carboxylic acids is 3. The zero-order valence-corrected chi connectivity index (χ0v) is 16.4. The molecule has 10 heteroatoms. The van der Waals surface area contributed by atoms with Crippen molar-refractivity contribution >= 4 is 23.7 Å². The quantitative estimate of drug-likeness (QED) is 0.487. The molecule has 3 heterocycles. The van der Waals surface area contributed by atoms with Crippen molar-refractivity contribution in [2.75, 3.05) is 12.4 Å². The molecule has 1 saturated heterocycles. The predicted molar refractivity (Wildman–Crippen MR) is 107 cm³/mol. The first-order valence-electron chi connectivity index (χ1n) is 9.70. The zero-order chi connectivity index (χ0) is 21.3. The first kappa shape index (κ1) is 19.8. The Balaban J connectivity index is 1.53. The van der Waals surface area contributed by atoms with Gasteiger partial charge in [-0.25, -0.2) is 4.98 Å². The van der Waals surface area contributed by atoms with Gasteiger partial charge in [0.05, 0.1) is 5.69 Å². The van der Waals surface area contributed by atoms with Gasteiger partial charge in [0.1, 0.15) is 6.04 Å². The van der Waals surface area contributed by atoms with E-state index in [0.29, 0.717) is 43.3 Å². The summed E-state index contributed by atoms with van der Waals surface area (Å²) in [6.45, 7) is 1.11. The lowest BCUT2D eigenvalue weighted by Crippen LogP contribution is -2.52. The molecule has 3 amide bonds. The van der Waals surface area contributed by atoms with Crippen LogP contribution in [0.25, 0.3) is 0 Å². The van der Waals surface area contributed by atoms with Crippen molar-refractivity contribution in [2.45, 2.75) is 38.5 Å². The van der Waals surface area contributed by atoms with Gasteiger partial charge in [-0.15, -0.1) is 0 Å². The van der Waals surface area contributed by atoms with E-state index in [1.807, 2.05) is 6.07 Å². The number of benzene rings is 1. The van der Waals surface area contributed by atoms with Crippen molar-refractivity contribution in [3.63, 3.8) is 0 Å². The van der Waals surface area contributed by atoms with Crippen LogP contribution >= 0.6 is 0 Å². The van der Waals surface area contributed by atoms with Gasteiger partial charge >= 0.3 is 0 Å². The average Bonchev–Trinajstić information content (AvgIpc) is 3.03. The summed E-state index contributed by atoms with van der Waals surface area (Å²) in [5.74, 6) is -0.622. The minimum absolute atomic E-state index is 0.215. The van der Waals surface area contributed by atoms with E-state index < -0.39 is 11.9 Å². The SMILES string of the molecule is CNCc1cc(=O)[nH]c(NCc2cccc3c2CN(C2CCC(=O)NC2=O)C3=O)n1. The third kappa shape index (κ3) is 3.81. The van der Waals surface area contributed by atoms with Gasteiger partial charge in [-0.1, -0.05) is 12.1 Å². The standard InChI is InChI=1S/C20H22N6O4/c1-21-9-12-7-17(28)25-20(23-12)22-8-11-3-2-4-13-14(11)10-26(19(13)30)15-5-6-16(27)24-18(15)29/h2-4,7,15,21H,5-6,8-10H2,1H3,(H,24,27,29)(H2,22,23,25,28). The van der Waals surface area contributed by atoms with Gasteiger partial charge in [-0.3, -0.25) is 29.5 Å². The Morgan fingerprint density at radius 3 is 2.80 bits per heavy atom. The summed E-state index contributed by atoms with van der Waals surface area (Å²) in [6, 6.07) is 6.19. The second kappa shape index (κ2) is 8.07. The molecule has 30 heavy (non-hydrogen) atoms. The second-order valence-corrected chi connectivity index (χ2v) is 7.31. The molecule has 1 aromatic carbocycles. The van der Waals surface area contributed by atoms with Crippen molar-refractivity contribution in [2.24, 2.45) is 0 Å². The largest absolute Gasteiger partial charge is 0.352 e. The van der Waals surface area contributed by atoms with Crippen LogP contribution in [-0.4, -0.2) is 45.7 Å².